The van der Waals surface area contributed by atoms with E-state index in [-0.39, 0.29) is 11.8 Å². The van der Waals surface area contributed by atoms with Gasteiger partial charge in [0.05, 0.1) is 6.54 Å². The third kappa shape index (κ3) is 6.15. The van der Waals surface area contributed by atoms with Crippen molar-refractivity contribution in [2.24, 2.45) is 0 Å². The maximum absolute atomic E-state index is 13.5. The van der Waals surface area contributed by atoms with Gasteiger partial charge in [0, 0.05) is 50.6 Å². The standard InChI is InChI=1S/C31H32N4O2/c36-30(13-6-10-25-8-2-1-3-9-25)33-20-22-34(23-21-33)31(37)29-12-5-4-11-28(29)27-16-14-26(15-17-27)24-35-19-7-18-32-35/h1-5,7-9,11-12,14-19H,6,10,13,20-24H2. The lowest BCUT2D eigenvalue weighted by Crippen LogP contribution is -2.50. The molecule has 4 aromatic rings. The lowest BCUT2D eigenvalue weighted by molar-refractivity contribution is -0.132. The lowest BCUT2D eigenvalue weighted by atomic mass is 9.97. The van der Waals surface area contributed by atoms with Gasteiger partial charge in [0.2, 0.25) is 5.91 Å². The molecule has 1 saturated heterocycles. The molecule has 6 heteroatoms. The second-order valence-corrected chi connectivity index (χ2v) is 9.46. The molecule has 1 aromatic heterocycles. The second-order valence-electron chi connectivity index (χ2n) is 9.46. The van der Waals surface area contributed by atoms with Gasteiger partial charge >= 0.3 is 0 Å². The van der Waals surface area contributed by atoms with Gasteiger partial charge in [0.1, 0.15) is 0 Å². The Morgan fingerprint density at radius 1 is 0.730 bits per heavy atom. The van der Waals surface area contributed by atoms with Crippen molar-refractivity contribution >= 4 is 11.8 Å². The smallest absolute Gasteiger partial charge is 0.254 e. The highest BCUT2D eigenvalue weighted by molar-refractivity contribution is 6.01. The molecule has 2 heterocycles. The van der Waals surface area contributed by atoms with Crippen LogP contribution in [0.3, 0.4) is 0 Å². The molecule has 2 amide bonds. The van der Waals surface area contributed by atoms with E-state index in [1.54, 1.807) is 6.20 Å². The fourth-order valence-corrected chi connectivity index (χ4v) is 4.87. The molecule has 0 spiro atoms. The Balaban J connectivity index is 1.17. The number of aromatic nitrogens is 2. The van der Waals surface area contributed by atoms with Crippen molar-refractivity contribution in [2.75, 3.05) is 26.2 Å². The third-order valence-electron chi connectivity index (χ3n) is 6.94. The average molecular weight is 493 g/mol. The van der Waals surface area contributed by atoms with Crippen LogP contribution in [0.15, 0.2) is 97.3 Å². The van der Waals surface area contributed by atoms with Crippen molar-refractivity contribution in [3.63, 3.8) is 0 Å². The molecule has 3 aromatic carbocycles. The van der Waals surface area contributed by atoms with Crippen molar-refractivity contribution in [3.8, 4) is 11.1 Å². The minimum Gasteiger partial charge on any atom is -0.339 e. The molecule has 0 radical (unpaired) electrons. The van der Waals surface area contributed by atoms with E-state index in [1.807, 2.05) is 69.2 Å². The van der Waals surface area contributed by atoms with E-state index in [0.717, 1.165) is 29.5 Å². The van der Waals surface area contributed by atoms with Crippen LogP contribution in [0.5, 0.6) is 0 Å². The molecular weight excluding hydrogens is 460 g/mol. The summed E-state index contributed by atoms with van der Waals surface area (Å²) in [6.07, 6.45) is 6.02. The highest BCUT2D eigenvalue weighted by Crippen LogP contribution is 2.26. The number of aryl methyl sites for hydroxylation is 1. The van der Waals surface area contributed by atoms with Crippen LogP contribution in [0.2, 0.25) is 0 Å². The molecule has 0 bridgehead atoms. The molecule has 0 N–H and O–H groups in total. The quantitative estimate of drug-likeness (QED) is 0.351. The predicted molar refractivity (Wildman–Crippen MR) is 145 cm³/mol. The average Bonchev–Trinajstić information content (AvgIpc) is 3.47. The first kappa shape index (κ1) is 24.5. The maximum atomic E-state index is 13.5. The number of nitrogens with zero attached hydrogens (tertiary/aromatic N) is 4. The molecule has 188 valence electrons. The first-order valence-corrected chi connectivity index (χ1v) is 12.9. The van der Waals surface area contributed by atoms with E-state index in [1.165, 1.54) is 5.56 Å². The van der Waals surface area contributed by atoms with Gasteiger partial charge in [-0.25, -0.2) is 0 Å². The zero-order valence-corrected chi connectivity index (χ0v) is 21.0. The predicted octanol–water partition coefficient (Wildman–Crippen LogP) is 4.91. The van der Waals surface area contributed by atoms with E-state index in [2.05, 4.69) is 41.5 Å². The van der Waals surface area contributed by atoms with Crippen molar-refractivity contribution < 1.29 is 9.59 Å². The highest BCUT2D eigenvalue weighted by Gasteiger charge is 2.26. The number of benzene rings is 3. The fourth-order valence-electron chi connectivity index (χ4n) is 4.87. The van der Waals surface area contributed by atoms with Gasteiger partial charge in [-0.15, -0.1) is 0 Å². The van der Waals surface area contributed by atoms with Gasteiger partial charge in [-0.2, -0.15) is 5.10 Å². The number of amides is 2. The molecule has 0 atom stereocenters. The fraction of sp³-hybridized carbons (Fsp3) is 0.258. The highest BCUT2D eigenvalue weighted by atomic mass is 16.2. The monoisotopic (exact) mass is 492 g/mol. The molecule has 5 rings (SSSR count). The van der Waals surface area contributed by atoms with Crippen molar-refractivity contribution in [2.45, 2.75) is 25.8 Å². The van der Waals surface area contributed by atoms with E-state index in [4.69, 9.17) is 0 Å². The van der Waals surface area contributed by atoms with Gasteiger partial charge < -0.3 is 9.80 Å². The molecule has 0 aliphatic carbocycles. The zero-order chi connectivity index (χ0) is 25.5. The van der Waals surface area contributed by atoms with Crippen LogP contribution in [0.4, 0.5) is 0 Å². The van der Waals surface area contributed by atoms with Crippen LogP contribution < -0.4 is 0 Å². The molecule has 0 unspecified atom stereocenters. The van der Waals surface area contributed by atoms with Crippen molar-refractivity contribution in [1.29, 1.82) is 0 Å². The summed E-state index contributed by atoms with van der Waals surface area (Å²) in [5.74, 6) is 0.200. The number of piperazine rings is 1. The Labute approximate surface area is 218 Å². The number of hydrogen-bond acceptors (Lipinski definition) is 3. The Kier molecular flexibility index (Phi) is 7.75. The molecular formula is C31H32N4O2. The van der Waals surface area contributed by atoms with E-state index in [0.29, 0.717) is 44.7 Å². The van der Waals surface area contributed by atoms with Crippen LogP contribution in [0.1, 0.15) is 34.3 Å². The molecule has 0 saturated carbocycles. The molecule has 1 fully saturated rings. The Morgan fingerprint density at radius 2 is 1.43 bits per heavy atom. The number of carbonyl (C=O) groups is 2. The summed E-state index contributed by atoms with van der Waals surface area (Å²) >= 11 is 0. The zero-order valence-electron chi connectivity index (χ0n) is 21.0. The van der Waals surface area contributed by atoms with Crippen LogP contribution in [-0.2, 0) is 17.8 Å². The Morgan fingerprint density at radius 3 is 2.16 bits per heavy atom. The largest absolute Gasteiger partial charge is 0.339 e. The number of carbonyl (C=O) groups excluding carboxylic acids is 2. The summed E-state index contributed by atoms with van der Waals surface area (Å²) in [6.45, 7) is 2.99. The minimum atomic E-state index is 0.0207. The van der Waals surface area contributed by atoms with Crippen LogP contribution in [-0.4, -0.2) is 57.6 Å². The Bertz CT molecular complexity index is 1310. The summed E-state index contributed by atoms with van der Waals surface area (Å²) < 4.78 is 1.89. The van der Waals surface area contributed by atoms with Crippen LogP contribution >= 0.6 is 0 Å². The van der Waals surface area contributed by atoms with E-state index >= 15 is 0 Å². The minimum absolute atomic E-state index is 0.0207. The Hall–Kier alpha value is -4.19. The number of rotatable bonds is 8. The van der Waals surface area contributed by atoms with Crippen molar-refractivity contribution in [3.05, 3.63) is 114 Å². The van der Waals surface area contributed by atoms with Crippen LogP contribution in [0.25, 0.3) is 11.1 Å². The normalized spacial score (nSPS) is 13.5. The lowest BCUT2D eigenvalue weighted by Gasteiger charge is -2.35. The van der Waals surface area contributed by atoms with Gasteiger partial charge in [-0.3, -0.25) is 14.3 Å². The summed E-state index contributed by atoms with van der Waals surface area (Å²) in [5.41, 5.74) is 5.06. The molecule has 1 aliphatic rings. The van der Waals surface area contributed by atoms with E-state index < -0.39 is 0 Å². The van der Waals surface area contributed by atoms with E-state index in [9.17, 15) is 9.59 Å². The third-order valence-corrected chi connectivity index (χ3v) is 6.94. The molecule has 1 aliphatic heterocycles. The van der Waals surface area contributed by atoms with Gasteiger partial charge in [0.25, 0.3) is 5.91 Å². The topological polar surface area (TPSA) is 58.4 Å². The molecule has 37 heavy (non-hydrogen) atoms. The number of hydrogen-bond donors (Lipinski definition) is 0. The second kappa shape index (κ2) is 11.7. The maximum Gasteiger partial charge on any atom is 0.254 e. The van der Waals surface area contributed by atoms with Crippen molar-refractivity contribution in [1.82, 2.24) is 19.6 Å². The van der Waals surface area contributed by atoms with Crippen LogP contribution in [0, 0.1) is 0 Å². The van der Waals surface area contributed by atoms with Gasteiger partial charge in [0.15, 0.2) is 0 Å². The summed E-state index contributed by atoms with van der Waals surface area (Å²) in [6, 6.07) is 28.3. The summed E-state index contributed by atoms with van der Waals surface area (Å²) in [4.78, 5) is 30.0. The molecule has 6 nitrogen and oxygen atoms in total. The first-order valence-electron chi connectivity index (χ1n) is 12.9. The van der Waals surface area contributed by atoms with Gasteiger partial charge in [-0.1, -0.05) is 72.8 Å². The summed E-state index contributed by atoms with van der Waals surface area (Å²) in [7, 11) is 0. The SMILES string of the molecule is O=C(CCCc1ccccc1)N1CCN(C(=O)c2ccccc2-c2ccc(Cn3cccn3)cc2)CC1. The summed E-state index contributed by atoms with van der Waals surface area (Å²) in [5, 5.41) is 4.27. The first-order chi connectivity index (χ1) is 18.2. The van der Waals surface area contributed by atoms with Gasteiger partial charge in [-0.05, 0) is 47.2 Å².